The van der Waals surface area contributed by atoms with E-state index in [1.54, 1.807) is 0 Å². The summed E-state index contributed by atoms with van der Waals surface area (Å²) >= 11 is 0. The second kappa shape index (κ2) is 12.3. The van der Waals surface area contributed by atoms with Crippen molar-refractivity contribution < 1.29 is 0 Å². The van der Waals surface area contributed by atoms with Crippen molar-refractivity contribution in [2.75, 3.05) is 0 Å². The van der Waals surface area contributed by atoms with Crippen molar-refractivity contribution in [3.05, 3.63) is 36.0 Å². The number of rotatable bonds is 15. The third-order valence-electron chi connectivity index (χ3n) is 6.22. The zero-order valence-electron chi connectivity index (χ0n) is 18.3. The van der Waals surface area contributed by atoms with Gasteiger partial charge in [0.05, 0.1) is 0 Å². The molecule has 2 rings (SSSR count). The van der Waals surface area contributed by atoms with E-state index in [-0.39, 0.29) is 5.41 Å². The fourth-order valence-electron chi connectivity index (χ4n) is 4.35. The Morgan fingerprint density at radius 3 is 1.81 bits per heavy atom. The van der Waals surface area contributed by atoms with Crippen molar-refractivity contribution in [1.29, 1.82) is 0 Å². The Kier molecular flexibility index (Phi) is 10.0. The summed E-state index contributed by atoms with van der Waals surface area (Å²) < 4.78 is 0. The molecule has 1 heterocycles. The van der Waals surface area contributed by atoms with Crippen molar-refractivity contribution >= 4 is 10.9 Å². The minimum Gasteiger partial charge on any atom is -0.361 e. The van der Waals surface area contributed by atoms with Crippen molar-refractivity contribution in [3.8, 4) is 0 Å². The molecule has 1 aromatic heterocycles. The molecule has 1 aromatic carbocycles. The number of aromatic nitrogens is 1. The summed E-state index contributed by atoms with van der Waals surface area (Å²) in [5, 5.41) is 1.40. The maximum atomic E-state index is 3.44. The lowest BCUT2D eigenvalue weighted by molar-refractivity contribution is 0.443. The Hall–Kier alpha value is -1.24. The lowest BCUT2D eigenvalue weighted by Gasteiger charge is -2.24. The molecule has 0 unspecified atom stereocenters. The molecule has 0 bridgehead atoms. The Bertz CT molecular complexity index is 622. The molecule has 0 spiro atoms. The highest BCUT2D eigenvalue weighted by Gasteiger charge is 2.23. The first kappa shape index (κ1) is 22.1. The van der Waals surface area contributed by atoms with Gasteiger partial charge in [-0.25, -0.2) is 0 Å². The van der Waals surface area contributed by atoms with E-state index in [1.807, 2.05) is 0 Å². The summed E-state index contributed by atoms with van der Waals surface area (Å²) in [6.45, 7) is 7.11. The van der Waals surface area contributed by atoms with Gasteiger partial charge in [0.1, 0.15) is 0 Å². The Morgan fingerprint density at radius 2 is 1.22 bits per heavy atom. The van der Waals surface area contributed by atoms with E-state index in [9.17, 15) is 0 Å². The summed E-state index contributed by atoms with van der Waals surface area (Å²) in [4.78, 5) is 3.44. The van der Waals surface area contributed by atoms with Gasteiger partial charge in [0.15, 0.2) is 0 Å². The molecule has 0 saturated heterocycles. The van der Waals surface area contributed by atoms with Crippen molar-refractivity contribution in [1.82, 2.24) is 4.98 Å². The monoisotopic (exact) mass is 369 g/mol. The summed E-state index contributed by atoms with van der Waals surface area (Å²) in [5.74, 6) is 0. The third-order valence-corrected chi connectivity index (χ3v) is 6.22. The lowest BCUT2D eigenvalue weighted by atomic mass is 9.80. The Labute approximate surface area is 168 Å². The summed E-state index contributed by atoms with van der Waals surface area (Å²) in [6, 6.07) is 8.70. The number of fused-ring (bicyclic) bond motifs is 1. The van der Waals surface area contributed by atoms with Crippen LogP contribution in [-0.2, 0) is 5.41 Å². The minimum atomic E-state index is 0.261. The molecule has 0 amide bonds. The number of unbranched alkanes of at least 4 members (excludes halogenated alkanes) is 12. The fourth-order valence-corrected chi connectivity index (χ4v) is 4.35. The fraction of sp³-hybridized carbons (Fsp3) is 0.692. The highest BCUT2D eigenvalue weighted by molar-refractivity contribution is 5.84. The molecule has 0 aliphatic heterocycles. The second-order valence-electron chi connectivity index (χ2n) is 9.12. The predicted octanol–water partition coefficient (Wildman–Crippen LogP) is 8.93. The van der Waals surface area contributed by atoms with E-state index in [2.05, 4.69) is 56.2 Å². The average Bonchev–Trinajstić information content (AvgIpc) is 3.10. The summed E-state index contributed by atoms with van der Waals surface area (Å²) in [5.41, 5.74) is 3.01. The zero-order chi connectivity index (χ0) is 19.4. The molecule has 152 valence electrons. The number of para-hydroxylation sites is 1. The molecule has 0 aliphatic rings. The zero-order valence-corrected chi connectivity index (χ0v) is 18.3. The number of H-pyrrole nitrogens is 1. The van der Waals surface area contributed by atoms with Crippen LogP contribution in [0, 0.1) is 0 Å². The van der Waals surface area contributed by atoms with Crippen molar-refractivity contribution in [2.45, 2.75) is 116 Å². The predicted molar refractivity (Wildman–Crippen MR) is 122 cm³/mol. The molecular weight excluding hydrogens is 326 g/mol. The van der Waals surface area contributed by atoms with Crippen LogP contribution in [0.4, 0.5) is 0 Å². The molecule has 27 heavy (non-hydrogen) atoms. The maximum Gasteiger partial charge on any atom is 0.0457 e. The first-order chi connectivity index (χ1) is 13.1. The summed E-state index contributed by atoms with van der Waals surface area (Å²) in [6.07, 6.45) is 22.1. The topological polar surface area (TPSA) is 15.8 Å². The van der Waals surface area contributed by atoms with Crippen LogP contribution in [-0.4, -0.2) is 4.98 Å². The van der Waals surface area contributed by atoms with E-state index in [1.165, 1.54) is 106 Å². The van der Waals surface area contributed by atoms with Crippen LogP contribution < -0.4 is 0 Å². The van der Waals surface area contributed by atoms with Gasteiger partial charge in [0.25, 0.3) is 0 Å². The van der Waals surface area contributed by atoms with Crippen molar-refractivity contribution in [2.24, 2.45) is 0 Å². The van der Waals surface area contributed by atoms with E-state index in [4.69, 9.17) is 0 Å². The molecular formula is C26H43N. The number of benzene rings is 1. The van der Waals surface area contributed by atoms with Crippen molar-refractivity contribution in [3.63, 3.8) is 0 Å². The molecule has 0 saturated carbocycles. The molecule has 0 atom stereocenters. The van der Waals surface area contributed by atoms with Gasteiger partial charge >= 0.3 is 0 Å². The van der Waals surface area contributed by atoms with Gasteiger partial charge in [-0.2, -0.15) is 0 Å². The maximum absolute atomic E-state index is 3.44. The molecule has 2 aromatic rings. The van der Waals surface area contributed by atoms with Gasteiger partial charge in [-0.05, 0) is 23.5 Å². The van der Waals surface area contributed by atoms with Crippen LogP contribution in [0.25, 0.3) is 10.9 Å². The minimum absolute atomic E-state index is 0.261. The van der Waals surface area contributed by atoms with Crippen LogP contribution >= 0.6 is 0 Å². The van der Waals surface area contributed by atoms with E-state index < -0.39 is 0 Å². The smallest absolute Gasteiger partial charge is 0.0457 e. The van der Waals surface area contributed by atoms with Gasteiger partial charge in [0, 0.05) is 17.1 Å². The van der Waals surface area contributed by atoms with Crippen LogP contribution in [0.15, 0.2) is 30.5 Å². The van der Waals surface area contributed by atoms with E-state index >= 15 is 0 Å². The van der Waals surface area contributed by atoms with Crippen LogP contribution in [0.5, 0.6) is 0 Å². The molecule has 0 aliphatic carbocycles. The largest absolute Gasteiger partial charge is 0.361 e. The van der Waals surface area contributed by atoms with Gasteiger partial charge < -0.3 is 4.98 Å². The second-order valence-corrected chi connectivity index (χ2v) is 9.12. The average molecular weight is 370 g/mol. The van der Waals surface area contributed by atoms with Crippen LogP contribution in [0.3, 0.4) is 0 Å². The first-order valence-corrected chi connectivity index (χ1v) is 11.7. The van der Waals surface area contributed by atoms with E-state index in [0.29, 0.717) is 0 Å². The van der Waals surface area contributed by atoms with Crippen LogP contribution in [0.1, 0.15) is 116 Å². The number of hydrogen-bond acceptors (Lipinski definition) is 0. The Morgan fingerprint density at radius 1 is 0.704 bits per heavy atom. The molecule has 1 heteroatoms. The molecule has 1 N–H and O–H groups in total. The highest BCUT2D eigenvalue weighted by Crippen LogP contribution is 2.34. The number of hydrogen-bond donors (Lipinski definition) is 1. The Balaban J connectivity index is 1.51. The van der Waals surface area contributed by atoms with Gasteiger partial charge in [-0.1, -0.05) is 122 Å². The van der Waals surface area contributed by atoms with Gasteiger partial charge in [0.2, 0.25) is 0 Å². The standard InChI is InChI=1S/C26H43N/c1-4-5-6-7-8-9-10-11-12-13-14-15-18-21-26(2,3)24-22-27-25-20-17-16-19-23(24)25/h16-17,19-20,22,27H,4-15,18,21H2,1-3H3. The normalized spacial score (nSPS) is 12.1. The van der Waals surface area contributed by atoms with Crippen LogP contribution in [0.2, 0.25) is 0 Å². The third kappa shape index (κ3) is 7.72. The molecule has 1 nitrogen and oxygen atoms in total. The van der Waals surface area contributed by atoms with Gasteiger partial charge in [-0.15, -0.1) is 0 Å². The van der Waals surface area contributed by atoms with E-state index in [0.717, 1.165) is 0 Å². The first-order valence-electron chi connectivity index (χ1n) is 11.7. The van der Waals surface area contributed by atoms with Gasteiger partial charge in [-0.3, -0.25) is 0 Å². The molecule has 0 radical (unpaired) electrons. The lowest BCUT2D eigenvalue weighted by Crippen LogP contribution is -2.16. The highest BCUT2D eigenvalue weighted by atomic mass is 14.7. The number of aromatic amines is 1. The molecule has 0 fully saturated rings. The SMILES string of the molecule is CCCCCCCCCCCCCCCC(C)(C)c1c[nH]c2ccccc12. The number of nitrogens with one attached hydrogen (secondary N) is 1. The summed E-state index contributed by atoms with van der Waals surface area (Å²) in [7, 11) is 0. The quantitative estimate of drug-likeness (QED) is 0.301.